The Labute approximate surface area is 126 Å². The highest BCUT2D eigenvalue weighted by Crippen LogP contribution is 2.40. The van der Waals surface area contributed by atoms with E-state index in [-0.39, 0.29) is 5.91 Å². The second kappa shape index (κ2) is 4.79. The lowest BCUT2D eigenvalue weighted by molar-refractivity contribution is 0.0946. The molecule has 104 valence electrons. The number of halogens is 2. The van der Waals surface area contributed by atoms with Gasteiger partial charge < -0.3 is 9.84 Å². The summed E-state index contributed by atoms with van der Waals surface area (Å²) in [6, 6.07) is 1.79. The van der Waals surface area contributed by atoms with Gasteiger partial charge in [0, 0.05) is 22.7 Å². The van der Waals surface area contributed by atoms with Gasteiger partial charge in [-0.1, -0.05) is 28.4 Å². The van der Waals surface area contributed by atoms with Crippen LogP contribution in [-0.2, 0) is 6.42 Å². The van der Waals surface area contributed by atoms with Crippen LogP contribution >= 0.6 is 23.2 Å². The number of fused-ring (bicyclic) bond motifs is 1. The number of aromatic nitrogens is 1. The van der Waals surface area contributed by atoms with E-state index in [2.05, 4.69) is 10.5 Å². The lowest BCUT2D eigenvalue weighted by atomic mass is 9.94. The Morgan fingerprint density at radius 3 is 2.70 bits per heavy atom. The fourth-order valence-corrected chi connectivity index (χ4v) is 3.23. The van der Waals surface area contributed by atoms with Crippen LogP contribution in [0.15, 0.2) is 10.6 Å². The third-order valence-corrected chi connectivity index (χ3v) is 4.24. The van der Waals surface area contributed by atoms with Crippen molar-refractivity contribution in [2.75, 3.05) is 6.54 Å². The van der Waals surface area contributed by atoms with Crippen molar-refractivity contribution in [1.29, 1.82) is 0 Å². The summed E-state index contributed by atoms with van der Waals surface area (Å²) < 4.78 is 5.16. The predicted octanol–water partition coefficient (Wildman–Crippen LogP) is 3.55. The first kappa shape index (κ1) is 13.5. The van der Waals surface area contributed by atoms with E-state index in [1.54, 1.807) is 13.0 Å². The first-order valence-electron chi connectivity index (χ1n) is 6.23. The van der Waals surface area contributed by atoms with Crippen molar-refractivity contribution in [3.05, 3.63) is 38.7 Å². The number of benzene rings is 1. The normalized spacial score (nSPS) is 14.1. The van der Waals surface area contributed by atoms with Crippen molar-refractivity contribution in [3.8, 4) is 11.1 Å². The highest BCUT2D eigenvalue weighted by atomic mass is 35.5. The Bertz CT molecular complexity index is 703. The molecule has 6 heteroatoms. The smallest absolute Gasteiger partial charge is 0.253 e. The maximum atomic E-state index is 12.1. The molecule has 1 aromatic heterocycles. The molecule has 4 nitrogen and oxygen atoms in total. The van der Waals surface area contributed by atoms with E-state index in [1.807, 2.05) is 6.92 Å². The van der Waals surface area contributed by atoms with Crippen LogP contribution in [0.4, 0.5) is 0 Å². The molecular formula is C14H12Cl2N2O2. The molecule has 3 rings (SSSR count). The quantitative estimate of drug-likeness (QED) is 0.876. The Hall–Kier alpha value is -1.52. The van der Waals surface area contributed by atoms with Gasteiger partial charge in [-0.3, -0.25) is 4.79 Å². The fourth-order valence-electron chi connectivity index (χ4n) is 2.58. The van der Waals surface area contributed by atoms with E-state index in [9.17, 15) is 4.79 Å². The molecule has 2 heterocycles. The molecule has 1 aliphatic rings. The predicted molar refractivity (Wildman–Crippen MR) is 77.5 cm³/mol. The summed E-state index contributed by atoms with van der Waals surface area (Å²) >= 11 is 12.8. The highest BCUT2D eigenvalue weighted by molar-refractivity contribution is 6.39. The maximum absolute atomic E-state index is 12.1. The van der Waals surface area contributed by atoms with Crippen LogP contribution in [0.2, 0.25) is 10.0 Å². The van der Waals surface area contributed by atoms with Crippen LogP contribution in [0.5, 0.6) is 0 Å². The maximum Gasteiger partial charge on any atom is 0.253 e. The molecule has 0 radical (unpaired) electrons. The van der Waals surface area contributed by atoms with Crippen LogP contribution in [-0.4, -0.2) is 17.6 Å². The molecule has 1 aromatic carbocycles. The number of rotatable bonds is 1. The van der Waals surface area contributed by atoms with Gasteiger partial charge in [-0.25, -0.2) is 0 Å². The zero-order valence-corrected chi connectivity index (χ0v) is 12.5. The molecular weight excluding hydrogens is 299 g/mol. The Kier molecular flexibility index (Phi) is 3.22. The molecule has 20 heavy (non-hydrogen) atoms. The largest absolute Gasteiger partial charge is 0.361 e. The van der Waals surface area contributed by atoms with Crippen LogP contribution in [0, 0.1) is 13.8 Å². The molecule has 0 unspecified atom stereocenters. The van der Waals surface area contributed by atoms with Crippen molar-refractivity contribution >= 4 is 29.1 Å². The van der Waals surface area contributed by atoms with Crippen molar-refractivity contribution in [2.24, 2.45) is 0 Å². The molecule has 0 bridgehead atoms. The Morgan fingerprint density at radius 1 is 1.30 bits per heavy atom. The SMILES string of the molecule is Cc1noc(C)c1-c1cc(Cl)c2c(c1Cl)C(=O)NCC2. The lowest BCUT2D eigenvalue weighted by Crippen LogP contribution is -2.32. The summed E-state index contributed by atoms with van der Waals surface area (Å²) in [6.07, 6.45) is 0.682. The second-order valence-electron chi connectivity index (χ2n) is 4.78. The van der Waals surface area contributed by atoms with Crippen molar-refractivity contribution in [2.45, 2.75) is 20.3 Å². The summed E-state index contributed by atoms with van der Waals surface area (Å²) in [5.41, 5.74) is 3.45. The van der Waals surface area contributed by atoms with Gasteiger partial charge in [0.1, 0.15) is 5.76 Å². The molecule has 0 fully saturated rings. The molecule has 0 aliphatic carbocycles. The summed E-state index contributed by atoms with van der Waals surface area (Å²) in [4.78, 5) is 12.1. The lowest BCUT2D eigenvalue weighted by Gasteiger charge is -2.21. The number of aryl methyl sites for hydroxylation is 2. The third kappa shape index (κ3) is 1.91. The first-order chi connectivity index (χ1) is 9.50. The van der Waals surface area contributed by atoms with Gasteiger partial charge >= 0.3 is 0 Å². The third-order valence-electron chi connectivity index (χ3n) is 3.51. The minimum absolute atomic E-state index is 0.188. The van der Waals surface area contributed by atoms with E-state index in [0.717, 1.165) is 16.8 Å². The minimum atomic E-state index is -0.188. The summed E-state index contributed by atoms with van der Waals surface area (Å²) in [6.45, 7) is 4.21. The average Bonchev–Trinajstić information content (AvgIpc) is 2.73. The van der Waals surface area contributed by atoms with E-state index in [1.165, 1.54) is 0 Å². The number of hydrogen-bond acceptors (Lipinski definition) is 3. The molecule has 1 amide bonds. The van der Waals surface area contributed by atoms with Crippen molar-refractivity contribution in [1.82, 2.24) is 10.5 Å². The number of hydrogen-bond donors (Lipinski definition) is 1. The Morgan fingerprint density at radius 2 is 2.05 bits per heavy atom. The van der Waals surface area contributed by atoms with E-state index in [4.69, 9.17) is 27.7 Å². The van der Waals surface area contributed by atoms with E-state index < -0.39 is 0 Å². The first-order valence-corrected chi connectivity index (χ1v) is 6.98. The molecule has 0 saturated heterocycles. The summed E-state index contributed by atoms with van der Waals surface area (Å²) in [7, 11) is 0. The standard InChI is InChI=1S/C14H12Cl2N2O2/c1-6-11(7(2)20-18-6)9-5-10(15)8-3-4-17-14(19)12(8)13(9)16/h5H,3-4H2,1-2H3,(H,17,19). The van der Waals surface area contributed by atoms with Crippen molar-refractivity contribution < 1.29 is 9.32 Å². The monoisotopic (exact) mass is 310 g/mol. The number of amides is 1. The van der Waals surface area contributed by atoms with Gasteiger partial charge in [-0.05, 0) is 31.9 Å². The van der Waals surface area contributed by atoms with Gasteiger partial charge in [0.25, 0.3) is 5.91 Å². The molecule has 1 N–H and O–H groups in total. The van der Waals surface area contributed by atoms with Gasteiger partial charge in [0.05, 0.1) is 16.3 Å². The number of carbonyl (C=O) groups is 1. The van der Waals surface area contributed by atoms with Gasteiger partial charge in [0.2, 0.25) is 0 Å². The second-order valence-corrected chi connectivity index (χ2v) is 5.56. The van der Waals surface area contributed by atoms with Crippen molar-refractivity contribution in [3.63, 3.8) is 0 Å². The number of carbonyl (C=O) groups excluding carboxylic acids is 1. The van der Waals surface area contributed by atoms with Crippen LogP contribution in [0.3, 0.4) is 0 Å². The van der Waals surface area contributed by atoms with Crippen LogP contribution in [0.25, 0.3) is 11.1 Å². The number of nitrogens with zero attached hydrogens (tertiary/aromatic N) is 1. The Balaban J connectivity index is 2.32. The molecule has 1 aliphatic heterocycles. The highest BCUT2D eigenvalue weighted by Gasteiger charge is 2.27. The van der Waals surface area contributed by atoms with Gasteiger partial charge in [-0.2, -0.15) is 0 Å². The zero-order valence-electron chi connectivity index (χ0n) is 11.0. The van der Waals surface area contributed by atoms with Gasteiger partial charge in [-0.15, -0.1) is 0 Å². The van der Waals surface area contributed by atoms with E-state index in [0.29, 0.717) is 39.9 Å². The summed E-state index contributed by atoms with van der Waals surface area (Å²) in [5, 5.41) is 7.65. The van der Waals surface area contributed by atoms with Crippen LogP contribution < -0.4 is 5.32 Å². The summed E-state index contributed by atoms with van der Waals surface area (Å²) in [5.74, 6) is 0.461. The zero-order chi connectivity index (χ0) is 14.4. The van der Waals surface area contributed by atoms with Gasteiger partial charge in [0.15, 0.2) is 0 Å². The molecule has 0 atom stereocenters. The molecule has 0 saturated carbocycles. The average molecular weight is 311 g/mol. The minimum Gasteiger partial charge on any atom is -0.361 e. The molecule has 0 spiro atoms. The van der Waals surface area contributed by atoms with Crippen LogP contribution in [0.1, 0.15) is 27.4 Å². The van der Waals surface area contributed by atoms with E-state index >= 15 is 0 Å². The molecule has 2 aromatic rings. The fraction of sp³-hybridized carbons (Fsp3) is 0.286. The number of nitrogens with one attached hydrogen (secondary N) is 1. The topological polar surface area (TPSA) is 55.1 Å².